The van der Waals surface area contributed by atoms with E-state index in [0.717, 1.165) is 0 Å². The molecule has 0 aromatic heterocycles. The lowest BCUT2D eigenvalue weighted by atomic mass is 10.1. The normalized spacial score (nSPS) is 21.3. The predicted molar refractivity (Wildman–Crippen MR) is 69.1 cm³/mol. The van der Waals surface area contributed by atoms with E-state index in [-0.39, 0.29) is 12.2 Å². The van der Waals surface area contributed by atoms with Crippen molar-refractivity contribution in [1.29, 1.82) is 5.41 Å². The molecule has 6 nitrogen and oxygen atoms in total. The Labute approximate surface area is 112 Å². The van der Waals surface area contributed by atoms with E-state index < -0.39 is 5.90 Å². The highest BCUT2D eigenvalue weighted by atomic mass is 16.5. The topological polar surface area (TPSA) is 88.8 Å². The van der Waals surface area contributed by atoms with E-state index in [1.807, 2.05) is 4.90 Å². The van der Waals surface area contributed by atoms with Gasteiger partial charge in [0, 0.05) is 31.6 Å². The summed E-state index contributed by atoms with van der Waals surface area (Å²) in [6.45, 7) is 2.69. The molecule has 0 aromatic rings. The fraction of sp³-hybridized carbons (Fsp3) is 0.615. The number of amidine groups is 1. The van der Waals surface area contributed by atoms with Crippen LogP contribution in [-0.2, 0) is 9.53 Å². The van der Waals surface area contributed by atoms with Crippen LogP contribution in [-0.4, -0.2) is 48.7 Å². The Kier molecular flexibility index (Phi) is 4.68. The number of morpholine rings is 1. The second kappa shape index (κ2) is 6.47. The highest BCUT2D eigenvalue weighted by molar-refractivity contribution is 6.01. The highest BCUT2D eigenvalue weighted by Gasteiger charge is 2.19. The zero-order valence-electron chi connectivity index (χ0n) is 10.9. The Morgan fingerprint density at radius 2 is 2.21 bits per heavy atom. The number of carbonyl (C=O) groups is 1. The van der Waals surface area contributed by atoms with Crippen molar-refractivity contribution >= 4 is 17.5 Å². The van der Waals surface area contributed by atoms with Gasteiger partial charge < -0.3 is 20.2 Å². The summed E-state index contributed by atoms with van der Waals surface area (Å²) in [5.74, 6) is 0.224. The number of carbonyl (C=O) groups excluding carboxylic acids is 1. The van der Waals surface area contributed by atoms with Crippen molar-refractivity contribution in [2.24, 2.45) is 4.99 Å². The maximum Gasteiger partial charge on any atom is 0.140 e. The summed E-state index contributed by atoms with van der Waals surface area (Å²) < 4.78 is 5.28. The molecule has 2 aliphatic rings. The molecule has 19 heavy (non-hydrogen) atoms. The van der Waals surface area contributed by atoms with Gasteiger partial charge >= 0.3 is 0 Å². The predicted octanol–water partition coefficient (Wildman–Crippen LogP) is 0.0817. The number of allylic oxidation sites excluding steroid dienone is 1. The summed E-state index contributed by atoms with van der Waals surface area (Å²) in [6, 6.07) is 0. The third-order valence-corrected chi connectivity index (χ3v) is 3.15. The van der Waals surface area contributed by atoms with Crippen molar-refractivity contribution in [1.82, 2.24) is 4.90 Å². The average molecular weight is 264 g/mol. The number of rotatable bonds is 2. The van der Waals surface area contributed by atoms with Crippen molar-refractivity contribution in [2.45, 2.75) is 25.7 Å². The number of nitrogens with zero attached hydrogens (tertiary/aromatic N) is 2. The molecule has 0 radical (unpaired) electrons. The molecule has 2 rings (SSSR count). The molecule has 6 heteroatoms. The maximum absolute atomic E-state index is 11.7. The molecule has 0 aliphatic carbocycles. The summed E-state index contributed by atoms with van der Waals surface area (Å²) in [6.07, 6.45) is 3.19. The van der Waals surface area contributed by atoms with Crippen LogP contribution in [0.2, 0.25) is 0 Å². The van der Waals surface area contributed by atoms with E-state index in [1.54, 1.807) is 6.08 Å². The minimum absolute atomic E-state index is 0.0159. The van der Waals surface area contributed by atoms with Crippen molar-refractivity contribution in [3.8, 4) is 0 Å². The molecular formula is C13H18N3O3-. The molecule has 104 valence electrons. The van der Waals surface area contributed by atoms with Crippen LogP contribution in [0.4, 0.5) is 0 Å². The van der Waals surface area contributed by atoms with Gasteiger partial charge in [-0.1, -0.05) is 6.08 Å². The fourth-order valence-corrected chi connectivity index (χ4v) is 2.20. The molecule has 1 saturated heterocycles. The quantitative estimate of drug-likeness (QED) is 0.565. The van der Waals surface area contributed by atoms with Crippen LogP contribution in [0.25, 0.3) is 0 Å². The average Bonchev–Trinajstić information content (AvgIpc) is 2.36. The molecule has 0 bridgehead atoms. The standard InChI is InChI=1S/C13H19N3O3/c14-12(18)8-10-2-1-3-11(17)9-13(15-10)16-4-6-19-7-5-16/h2H,1,3-9H2,(H2,14,18)/p-1. The van der Waals surface area contributed by atoms with E-state index in [2.05, 4.69) is 4.99 Å². The molecule has 1 N–H and O–H groups in total. The molecule has 0 spiro atoms. The molecule has 1 fully saturated rings. The monoisotopic (exact) mass is 264 g/mol. The van der Waals surface area contributed by atoms with Gasteiger partial charge in [-0.15, -0.1) is 0 Å². The summed E-state index contributed by atoms with van der Waals surface area (Å²) in [4.78, 5) is 18.2. The van der Waals surface area contributed by atoms with Crippen LogP contribution in [0, 0.1) is 5.41 Å². The molecule has 2 aliphatic heterocycles. The zero-order valence-corrected chi connectivity index (χ0v) is 10.9. The van der Waals surface area contributed by atoms with E-state index in [4.69, 9.17) is 10.1 Å². The summed E-state index contributed by atoms with van der Waals surface area (Å²) in [5.41, 5.74) is 0.606. The summed E-state index contributed by atoms with van der Waals surface area (Å²) in [7, 11) is 0. The Morgan fingerprint density at radius 3 is 2.89 bits per heavy atom. The zero-order chi connectivity index (χ0) is 13.7. The summed E-state index contributed by atoms with van der Waals surface area (Å²) in [5, 5.41) is 18.0. The first-order valence-electron chi connectivity index (χ1n) is 6.50. The third-order valence-electron chi connectivity index (χ3n) is 3.15. The lowest BCUT2D eigenvalue weighted by Crippen LogP contribution is -2.41. The number of hydrogen-bond acceptors (Lipinski definition) is 6. The van der Waals surface area contributed by atoms with Gasteiger partial charge in [0.25, 0.3) is 0 Å². The van der Waals surface area contributed by atoms with Gasteiger partial charge in [-0.25, -0.2) is 4.99 Å². The number of aliphatic imine (C=N–C) groups is 1. The van der Waals surface area contributed by atoms with Crippen LogP contribution in [0.3, 0.4) is 0 Å². The minimum Gasteiger partial charge on any atom is -0.862 e. The van der Waals surface area contributed by atoms with Gasteiger partial charge in [-0.3, -0.25) is 4.79 Å². The number of Topliss-reactive ketones (excluding diaryl/α,β-unsaturated/α-hetero) is 1. The Morgan fingerprint density at radius 1 is 1.47 bits per heavy atom. The number of ether oxygens (including phenoxy) is 1. The van der Waals surface area contributed by atoms with Crippen LogP contribution in [0.1, 0.15) is 25.7 Å². The molecule has 0 aromatic carbocycles. The van der Waals surface area contributed by atoms with Crippen LogP contribution in [0.15, 0.2) is 16.8 Å². The second-order valence-corrected chi connectivity index (χ2v) is 4.68. The molecule has 0 atom stereocenters. The number of ketones is 1. The largest absolute Gasteiger partial charge is 0.862 e. The van der Waals surface area contributed by atoms with Crippen molar-refractivity contribution in [3.63, 3.8) is 0 Å². The maximum atomic E-state index is 11.7. The van der Waals surface area contributed by atoms with Gasteiger partial charge in [0.05, 0.1) is 19.6 Å². The van der Waals surface area contributed by atoms with E-state index in [1.165, 1.54) is 0 Å². The van der Waals surface area contributed by atoms with Crippen molar-refractivity contribution in [3.05, 3.63) is 11.8 Å². The van der Waals surface area contributed by atoms with Gasteiger partial charge in [0.2, 0.25) is 0 Å². The molecule has 0 saturated carbocycles. The first-order chi connectivity index (χ1) is 9.15. The first-order valence-corrected chi connectivity index (χ1v) is 6.50. The SMILES string of the molecule is N=C([O-])CC1=CCCC(=O)CC(N2CCOCC2)=N1. The molecule has 0 amide bonds. The smallest absolute Gasteiger partial charge is 0.140 e. The Hall–Kier alpha value is -1.69. The summed E-state index contributed by atoms with van der Waals surface area (Å²) >= 11 is 0. The third kappa shape index (κ3) is 4.17. The van der Waals surface area contributed by atoms with E-state index in [0.29, 0.717) is 57.1 Å². The molecule has 0 unspecified atom stereocenters. The van der Waals surface area contributed by atoms with Gasteiger partial charge in [0.1, 0.15) is 11.6 Å². The lowest BCUT2D eigenvalue weighted by Gasteiger charge is -2.30. The molecular weight excluding hydrogens is 246 g/mol. The van der Waals surface area contributed by atoms with E-state index >= 15 is 0 Å². The fourth-order valence-electron chi connectivity index (χ4n) is 2.20. The number of nitrogens with one attached hydrogen (secondary N) is 1. The molecule has 2 heterocycles. The minimum atomic E-state index is -0.650. The van der Waals surface area contributed by atoms with Gasteiger partial charge in [0.15, 0.2) is 0 Å². The Bertz CT molecular complexity index is 423. The van der Waals surface area contributed by atoms with E-state index in [9.17, 15) is 9.90 Å². The number of hydrogen-bond donors (Lipinski definition) is 1. The highest BCUT2D eigenvalue weighted by Crippen LogP contribution is 2.15. The second-order valence-electron chi connectivity index (χ2n) is 4.68. The van der Waals surface area contributed by atoms with Crippen molar-refractivity contribution in [2.75, 3.05) is 26.3 Å². The van der Waals surface area contributed by atoms with Gasteiger partial charge in [-0.2, -0.15) is 0 Å². The van der Waals surface area contributed by atoms with Crippen molar-refractivity contribution < 1.29 is 14.6 Å². The Balaban J connectivity index is 2.17. The first kappa shape index (κ1) is 13.7. The van der Waals surface area contributed by atoms with Gasteiger partial charge in [-0.05, 0) is 12.3 Å². The van der Waals surface area contributed by atoms with Crippen LogP contribution < -0.4 is 5.11 Å². The van der Waals surface area contributed by atoms with Crippen LogP contribution >= 0.6 is 0 Å². The van der Waals surface area contributed by atoms with Crippen LogP contribution in [0.5, 0.6) is 0 Å². The lowest BCUT2D eigenvalue weighted by molar-refractivity contribution is -0.219.